The number of alkyl halides is 3. The van der Waals surface area contributed by atoms with Gasteiger partial charge in [0.1, 0.15) is 0 Å². The lowest BCUT2D eigenvalue weighted by Gasteiger charge is -2.34. The molecular weight excluding hydrogens is 243 g/mol. The van der Waals surface area contributed by atoms with E-state index >= 15 is 0 Å². The molecule has 0 aliphatic heterocycles. The molecule has 100 valence electrons. The lowest BCUT2D eigenvalue weighted by molar-refractivity contribution is -0.325. The summed E-state index contributed by atoms with van der Waals surface area (Å²) in [4.78, 5) is 0. The zero-order chi connectivity index (χ0) is 13.2. The maximum Gasteiger partial charge on any atom is 0.522 e. The van der Waals surface area contributed by atoms with Gasteiger partial charge in [0.2, 0.25) is 0 Å². The normalized spacial score (nSPS) is 23.8. The van der Waals surface area contributed by atoms with Crippen LogP contribution in [0.25, 0.3) is 0 Å². The number of hydrogen-bond acceptors (Lipinski definition) is 2. The van der Waals surface area contributed by atoms with E-state index in [1.165, 1.54) is 5.56 Å². The van der Waals surface area contributed by atoms with Gasteiger partial charge in [-0.05, 0) is 36.8 Å². The van der Waals surface area contributed by atoms with Crippen LogP contribution in [0.2, 0.25) is 0 Å². The summed E-state index contributed by atoms with van der Waals surface area (Å²) >= 11 is 0. The van der Waals surface area contributed by atoms with Crippen molar-refractivity contribution in [2.75, 3.05) is 6.61 Å². The van der Waals surface area contributed by atoms with E-state index < -0.39 is 11.9 Å². The highest BCUT2D eigenvalue weighted by molar-refractivity contribution is 5.32. The van der Waals surface area contributed by atoms with Gasteiger partial charge < -0.3 is 5.73 Å². The summed E-state index contributed by atoms with van der Waals surface area (Å²) in [5, 5.41) is 0. The van der Waals surface area contributed by atoms with Crippen molar-refractivity contribution in [2.24, 2.45) is 5.73 Å². The maximum absolute atomic E-state index is 11.9. The predicted molar refractivity (Wildman–Crippen MR) is 62.0 cm³/mol. The molecular formula is C13H16F3NO. The third-order valence-corrected chi connectivity index (χ3v) is 3.42. The zero-order valence-electron chi connectivity index (χ0n) is 9.96. The highest BCUT2D eigenvalue weighted by Crippen LogP contribution is 2.30. The molecule has 5 heteroatoms. The average molecular weight is 259 g/mol. The molecule has 1 aromatic rings. The van der Waals surface area contributed by atoms with E-state index in [2.05, 4.69) is 4.74 Å². The van der Waals surface area contributed by atoms with Crippen LogP contribution in [0.3, 0.4) is 0 Å². The zero-order valence-corrected chi connectivity index (χ0v) is 9.96. The van der Waals surface area contributed by atoms with Gasteiger partial charge >= 0.3 is 6.36 Å². The molecule has 1 unspecified atom stereocenters. The Bertz CT molecular complexity index is 419. The molecule has 1 atom stereocenters. The molecule has 0 heterocycles. The molecule has 2 N–H and O–H groups in total. The highest BCUT2D eigenvalue weighted by Gasteiger charge is 2.33. The molecule has 0 bridgehead atoms. The molecule has 18 heavy (non-hydrogen) atoms. The summed E-state index contributed by atoms with van der Waals surface area (Å²) in [6.45, 7) is -0.373. The van der Waals surface area contributed by atoms with Gasteiger partial charge in [-0.1, -0.05) is 24.3 Å². The number of benzene rings is 1. The molecule has 1 aliphatic carbocycles. The summed E-state index contributed by atoms with van der Waals surface area (Å²) < 4.78 is 39.5. The molecule has 2 nitrogen and oxygen atoms in total. The van der Waals surface area contributed by atoms with Crippen LogP contribution in [0.15, 0.2) is 24.3 Å². The van der Waals surface area contributed by atoms with Crippen LogP contribution >= 0.6 is 0 Å². The first-order valence-electron chi connectivity index (χ1n) is 5.94. The third kappa shape index (κ3) is 3.46. The summed E-state index contributed by atoms with van der Waals surface area (Å²) in [6, 6.07) is 7.92. The van der Waals surface area contributed by atoms with Gasteiger partial charge in [-0.2, -0.15) is 0 Å². The second-order valence-electron chi connectivity index (χ2n) is 4.85. The smallest absolute Gasteiger partial charge is 0.325 e. The lowest BCUT2D eigenvalue weighted by Crippen LogP contribution is -2.46. The van der Waals surface area contributed by atoms with Crippen molar-refractivity contribution >= 4 is 0 Å². The molecule has 0 fully saturated rings. The Hall–Kier alpha value is -1.07. The first-order chi connectivity index (χ1) is 8.38. The fourth-order valence-electron chi connectivity index (χ4n) is 2.41. The van der Waals surface area contributed by atoms with Gasteiger partial charge in [0.05, 0.1) is 6.61 Å². The van der Waals surface area contributed by atoms with Gasteiger partial charge in [0, 0.05) is 5.54 Å². The van der Waals surface area contributed by atoms with Gasteiger partial charge in [-0.3, -0.25) is 4.74 Å². The topological polar surface area (TPSA) is 35.2 Å². The van der Waals surface area contributed by atoms with Gasteiger partial charge in [0.15, 0.2) is 0 Å². The van der Waals surface area contributed by atoms with Crippen LogP contribution in [-0.4, -0.2) is 18.5 Å². The predicted octanol–water partition coefficient (Wildman–Crippen LogP) is 2.80. The molecule has 2 rings (SSSR count). The highest BCUT2D eigenvalue weighted by atomic mass is 19.4. The number of rotatable bonds is 3. The standard InChI is InChI=1S/C13H16F3NO/c14-13(15,16)18-8-7-12(17)6-5-10-3-1-2-4-11(10)9-12/h1-4H,5-9,17H2. The number of ether oxygens (including phenoxy) is 1. The second-order valence-corrected chi connectivity index (χ2v) is 4.85. The molecule has 0 saturated carbocycles. The van der Waals surface area contributed by atoms with Crippen molar-refractivity contribution in [1.82, 2.24) is 0 Å². The van der Waals surface area contributed by atoms with E-state index in [0.717, 1.165) is 12.0 Å². The monoisotopic (exact) mass is 259 g/mol. The summed E-state index contributed by atoms with van der Waals surface area (Å²) in [6.07, 6.45) is -2.21. The summed E-state index contributed by atoms with van der Waals surface area (Å²) in [5.74, 6) is 0. The van der Waals surface area contributed by atoms with Crippen molar-refractivity contribution in [1.29, 1.82) is 0 Å². The minimum absolute atomic E-state index is 0.223. The molecule has 0 radical (unpaired) electrons. The largest absolute Gasteiger partial charge is 0.522 e. The second kappa shape index (κ2) is 4.90. The molecule has 0 spiro atoms. The Morgan fingerprint density at radius 2 is 1.89 bits per heavy atom. The van der Waals surface area contributed by atoms with Crippen molar-refractivity contribution in [3.63, 3.8) is 0 Å². The van der Waals surface area contributed by atoms with E-state index in [1.807, 2.05) is 24.3 Å². The minimum Gasteiger partial charge on any atom is -0.325 e. The minimum atomic E-state index is -4.57. The van der Waals surface area contributed by atoms with Gasteiger partial charge in [-0.15, -0.1) is 13.2 Å². The fraction of sp³-hybridized carbons (Fsp3) is 0.538. The number of hydrogen-bond donors (Lipinski definition) is 1. The Kier molecular flexibility index (Phi) is 3.64. The van der Waals surface area contributed by atoms with Gasteiger partial charge in [-0.25, -0.2) is 0 Å². The van der Waals surface area contributed by atoms with Crippen molar-refractivity contribution in [3.8, 4) is 0 Å². The lowest BCUT2D eigenvalue weighted by atomic mass is 9.77. The van der Waals surface area contributed by atoms with Crippen LogP contribution in [-0.2, 0) is 17.6 Å². The van der Waals surface area contributed by atoms with E-state index in [0.29, 0.717) is 12.8 Å². The Morgan fingerprint density at radius 3 is 2.56 bits per heavy atom. The number of halogens is 3. The number of aryl methyl sites for hydroxylation is 1. The van der Waals surface area contributed by atoms with Crippen molar-refractivity contribution in [2.45, 2.75) is 37.6 Å². The fourth-order valence-corrected chi connectivity index (χ4v) is 2.41. The maximum atomic E-state index is 11.9. The van der Waals surface area contributed by atoms with Crippen molar-refractivity contribution in [3.05, 3.63) is 35.4 Å². The molecule has 0 aromatic heterocycles. The molecule has 1 aliphatic rings. The van der Waals surface area contributed by atoms with E-state index in [1.54, 1.807) is 0 Å². The van der Waals surface area contributed by atoms with E-state index in [-0.39, 0.29) is 13.0 Å². The molecule has 0 amide bonds. The Morgan fingerprint density at radius 1 is 1.22 bits per heavy atom. The SMILES string of the molecule is NC1(CCOC(F)(F)F)CCc2ccccc2C1. The van der Waals surface area contributed by atoms with Crippen LogP contribution in [0.5, 0.6) is 0 Å². The first-order valence-corrected chi connectivity index (χ1v) is 5.94. The van der Waals surface area contributed by atoms with Gasteiger partial charge in [0.25, 0.3) is 0 Å². The molecule has 1 aromatic carbocycles. The average Bonchev–Trinajstić information content (AvgIpc) is 2.27. The van der Waals surface area contributed by atoms with Crippen LogP contribution < -0.4 is 5.73 Å². The quantitative estimate of drug-likeness (QED) is 0.906. The van der Waals surface area contributed by atoms with Crippen LogP contribution in [0.4, 0.5) is 13.2 Å². The number of nitrogens with two attached hydrogens (primary N) is 1. The third-order valence-electron chi connectivity index (χ3n) is 3.42. The summed E-state index contributed by atoms with van der Waals surface area (Å²) in [7, 11) is 0. The van der Waals surface area contributed by atoms with E-state index in [4.69, 9.17) is 5.73 Å². The van der Waals surface area contributed by atoms with Crippen molar-refractivity contribution < 1.29 is 17.9 Å². The van der Waals surface area contributed by atoms with E-state index in [9.17, 15) is 13.2 Å². The Balaban J connectivity index is 1.94. The first kappa shape index (κ1) is 13.4. The summed E-state index contributed by atoms with van der Waals surface area (Å²) in [5.41, 5.74) is 7.96. The molecule has 0 saturated heterocycles. The van der Waals surface area contributed by atoms with Crippen LogP contribution in [0.1, 0.15) is 24.0 Å². The number of fused-ring (bicyclic) bond motifs is 1. The Labute approximate surface area is 104 Å². The van der Waals surface area contributed by atoms with Crippen LogP contribution in [0, 0.1) is 0 Å².